The summed E-state index contributed by atoms with van der Waals surface area (Å²) in [6.45, 7) is 8.01. The van der Waals surface area contributed by atoms with E-state index < -0.39 is 0 Å². The summed E-state index contributed by atoms with van der Waals surface area (Å²) < 4.78 is 0. The predicted octanol–water partition coefficient (Wildman–Crippen LogP) is 3.58. The van der Waals surface area contributed by atoms with Crippen molar-refractivity contribution in [1.82, 2.24) is 4.90 Å². The predicted molar refractivity (Wildman–Crippen MR) is 94.3 cm³/mol. The molecule has 1 fully saturated rings. The Balaban J connectivity index is 0.00000242. The maximum absolute atomic E-state index is 13.0. The molecule has 3 nitrogen and oxygen atoms in total. The van der Waals surface area contributed by atoms with Gasteiger partial charge in [-0.05, 0) is 23.8 Å². The van der Waals surface area contributed by atoms with Gasteiger partial charge in [0.05, 0.1) is 5.92 Å². The standard InChI is InChI=1S/C18H28N2O.ClH/c1-4-8-15(14-9-6-5-7-10-14)17(21)20-12-11-16(19)18(2,3)13-20;/h5-7,9-10,15-16H,4,8,11-13,19H2,1-3H3;1H. The zero-order valence-electron chi connectivity index (χ0n) is 13.9. The van der Waals surface area contributed by atoms with Crippen molar-refractivity contribution in [2.24, 2.45) is 11.1 Å². The average Bonchev–Trinajstić information content (AvgIpc) is 2.48. The van der Waals surface area contributed by atoms with Gasteiger partial charge in [-0.15, -0.1) is 12.4 Å². The van der Waals surface area contributed by atoms with Crippen LogP contribution in [0.3, 0.4) is 0 Å². The number of amides is 1. The van der Waals surface area contributed by atoms with Crippen molar-refractivity contribution in [3.8, 4) is 0 Å². The number of likely N-dealkylation sites (tertiary alicyclic amines) is 1. The molecule has 2 N–H and O–H groups in total. The summed E-state index contributed by atoms with van der Waals surface area (Å²) in [7, 11) is 0. The first kappa shape index (κ1) is 19.0. The number of benzene rings is 1. The van der Waals surface area contributed by atoms with Gasteiger partial charge in [-0.1, -0.05) is 57.5 Å². The Morgan fingerprint density at radius 3 is 2.55 bits per heavy atom. The van der Waals surface area contributed by atoms with Gasteiger partial charge in [0.25, 0.3) is 0 Å². The van der Waals surface area contributed by atoms with E-state index in [0.29, 0.717) is 0 Å². The van der Waals surface area contributed by atoms with Crippen molar-refractivity contribution in [2.45, 2.75) is 52.0 Å². The molecule has 0 aromatic heterocycles. The molecule has 0 spiro atoms. The first-order valence-electron chi connectivity index (χ1n) is 8.05. The number of piperidine rings is 1. The number of rotatable bonds is 4. The average molecular weight is 325 g/mol. The second-order valence-corrected chi connectivity index (χ2v) is 6.90. The molecule has 0 aliphatic carbocycles. The topological polar surface area (TPSA) is 46.3 Å². The van der Waals surface area contributed by atoms with Crippen LogP contribution >= 0.6 is 12.4 Å². The summed E-state index contributed by atoms with van der Waals surface area (Å²) in [4.78, 5) is 15.0. The van der Waals surface area contributed by atoms with Gasteiger partial charge in [0.2, 0.25) is 5.91 Å². The molecule has 1 aliphatic heterocycles. The van der Waals surface area contributed by atoms with Crippen LogP contribution in [-0.2, 0) is 4.79 Å². The van der Waals surface area contributed by atoms with Crippen LogP contribution < -0.4 is 5.73 Å². The van der Waals surface area contributed by atoms with Crippen LogP contribution in [0.5, 0.6) is 0 Å². The highest BCUT2D eigenvalue weighted by Crippen LogP contribution is 2.31. The lowest BCUT2D eigenvalue weighted by Gasteiger charge is -2.43. The van der Waals surface area contributed by atoms with E-state index in [2.05, 4.69) is 32.9 Å². The molecule has 2 rings (SSSR count). The minimum Gasteiger partial charge on any atom is -0.342 e. The number of nitrogens with zero attached hydrogens (tertiary/aromatic N) is 1. The Kier molecular flexibility index (Phi) is 6.89. The highest BCUT2D eigenvalue weighted by Gasteiger charge is 2.37. The SMILES string of the molecule is CCCC(C(=O)N1CCC(N)C(C)(C)C1)c1ccccc1.Cl. The summed E-state index contributed by atoms with van der Waals surface area (Å²) in [5.74, 6) is 0.254. The maximum Gasteiger partial charge on any atom is 0.230 e. The van der Waals surface area contributed by atoms with Crippen LogP contribution in [0.25, 0.3) is 0 Å². The molecule has 1 heterocycles. The third kappa shape index (κ3) is 4.23. The Hall–Kier alpha value is -1.06. The zero-order valence-corrected chi connectivity index (χ0v) is 14.7. The van der Waals surface area contributed by atoms with Crippen molar-refractivity contribution >= 4 is 18.3 Å². The van der Waals surface area contributed by atoms with Gasteiger partial charge < -0.3 is 10.6 Å². The third-order valence-corrected chi connectivity index (χ3v) is 4.70. The van der Waals surface area contributed by atoms with Crippen LogP contribution in [0.4, 0.5) is 0 Å². The lowest BCUT2D eigenvalue weighted by atomic mass is 9.79. The lowest BCUT2D eigenvalue weighted by molar-refractivity contribution is -0.136. The molecule has 124 valence electrons. The van der Waals surface area contributed by atoms with E-state index in [4.69, 9.17) is 5.73 Å². The van der Waals surface area contributed by atoms with E-state index >= 15 is 0 Å². The summed E-state index contributed by atoms with van der Waals surface area (Å²) in [5.41, 5.74) is 7.32. The van der Waals surface area contributed by atoms with Crippen LogP contribution in [0.15, 0.2) is 30.3 Å². The fourth-order valence-electron chi connectivity index (χ4n) is 3.19. The normalized spacial score (nSPS) is 21.8. The van der Waals surface area contributed by atoms with E-state index in [9.17, 15) is 4.79 Å². The van der Waals surface area contributed by atoms with Gasteiger partial charge in [-0.25, -0.2) is 0 Å². The number of carbonyl (C=O) groups excluding carboxylic acids is 1. The van der Waals surface area contributed by atoms with Gasteiger partial charge in [0.15, 0.2) is 0 Å². The molecule has 2 atom stereocenters. The highest BCUT2D eigenvalue weighted by atomic mass is 35.5. The number of hydrogen-bond donors (Lipinski definition) is 1. The second-order valence-electron chi connectivity index (χ2n) is 6.90. The minimum absolute atomic E-state index is 0. The second kappa shape index (κ2) is 7.98. The molecule has 22 heavy (non-hydrogen) atoms. The molecule has 0 bridgehead atoms. The Morgan fingerprint density at radius 2 is 2.00 bits per heavy atom. The summed E-state index contributed by atoms with van der Waals surface area (Å²) in [6.07, 6.45) is 2.82. The summed E-state index contributed by atoms with van der Waals surface area (Å²) in [5, 5.41) is 0. The van der Waals surface area contributed by atoms with E-state index in [-0.39, 0.29) is 35.7 Å². The molecule has 1 aromatic rings. The van der Waals surface area contributed by atoms with Crippen molar-refractivity contribution in [2.75, 3.05) is 13.1 Å². The van der Waals surface area contributed by atoms with Crippen LogP contribution in [0, 0.1) is 5.41 Å². The zero-order chi connectivity index (χ0) is 15.5. The minimum atomic E-state index is -0.0127. The van der Waals surface area contributed by atoms with Crippen molar-refractivity contribution < 1.29 is 4.79 Å². The number of carbonyl (C=O) groups is 1. The quantitative estimate of drug-likeness (QED) is 0.920. The Labute approximate surface area is 140 Å². The van der Waals surface area contributed by atoms with Gasteiger partial charge in [-0.2, -0.15) is 0 Å². The van der Waals surface area contributed by atoms with E-state index in [1.807, 2.05) is 23.1 Å². The van der Waals surface area contributed by atoms with Gasteiger partial charge >= 0.3 is 0 Å². The molecule has 1 aromatic carbocycles. The molecule has 4 heteroatoms. The Bertz CT molecular complexity index is 475. The summed E-state index contributed by atoms with van der Waals surface area (Å²) >= 11 is 0. The lowest BCUT2D eigenvalue weighted by Crippen LogP contribution is -2.54. The molecule has 0 radical (unpaired) electrons. The molecular weight excluding hydrogens is 296 g/mol. The monoisotopic (exact) mass is 324 g/mol. The number of halogens is 1. The first-order chi connectivity index (χ1) is 9.95. The molecule has 1 amide bonds. The molecule has 1 aliphatic rings. The van der Waals surface area contributed by atoms with E-state index in [0.717, 1.165) is 37.9 Å². The van der Waals surface area contributed by atoms with E-state index in [1.165, 1.54) is 0 Å². The van der Waals surface area contributed by atoms with Crippen molar-refractivity contribution in [3.05, 3.63) is 35.9 Å². The third-order valence-electron chi connectivity index (χ3n) is 4.70. The van der Waals surface area contributed by atoms with Crippen molar-refractivity contribution in [1.29, 1.82) is 0 Å². The molecule has 1 saturated heterocycles. The van der Waals surface area contributed by atoms with Crippen LogP contribution in [0.1, 0.15) is 51.5 Å². The highest BCUT2D eigenvalue weighted by molar-refractivity contribution is 5.85. The smallest absolute Gasteiger partial charge is 0.230 e. The van der Waals surface area contributed by atoms with Gasteiger partial charge in [-0.3, -0.25) is 4.79 Å². The maximum atomic E-state index is 13.0. The van der Waals surface area contributed by atoms with Gasteiger partial charge in [0.1, 0.15) is 0 Å². The molecule has 0 saturated carbocycles. The molecule has 2 unspecified atom stereocenters. The first-order valence-corrected chi connectivity index (χ1v) is 8.05. The number of hydrogen-bond acceptors (Lipinski definition) is 2. The fraction of sp³-hybridized carbons (Fsp3) is 0.611. The van der Waals surface area contributed by atoms with Crippen molar-refractivity contribution in [3.63, 3.8) is 0 Å². The van der Waals surface area contributed by atoms with Gasteiger partial charge in [0, 0.05) is 19.1 Å². The van der Waals surface area contributed by atoms with Crippen LogP contribution in [0.2, 0.25) is 0 Å². The summed E-state index contributed by atoms with van der Waals surface area (Å²) in [6, 6.07) is 10.4. The van der Waals surface area contributed by atoms with E-state index in [1.54, 1.807) is 0 Å². The van der Waals surface area contributed by atoms with Crippen LogP contribution in [-0.4, -0.2) is 29.9 Å². The molecular formula is C18H29ClN2O. The Morgan fingerprint density at radius 1 is 1.36 bits per heavy atom. The number of nitrogens with two attached hydrogens (primary N) is 1. The largest absolute Gasteiger partial charge is 0.342 e. The fourth-order valence-corrected chi connectivity index (χ4v) is 3.19.